The van der Waals surface area contributed by atoms with Gasteiger partial charge in [-0.1, -0.05) is 53.2 Å². The highest BCUT2D eigenvalue weighted by Crippen LogP contribution is 2.38. The predicted molar refractivity (Wildman–Crippen MR) is 76.6 cm³/mol. The lowest BCUT2D eigenvalue weighted by atomic mass is 10.2. The van der Waals surface area contributed by atoms with Crippen molar-refractivity contribution in [2.75, 3.05) is 0 Å². The van der Waals surface area contributed by atoms with Crippen molar-refractivity contribution in [1.29, 1.82) is 0 Å². The van der Waals surface area contributed by atoms with Crippen LogP contribution < -0.4 is 0 Å². The summed E-state index contributed by atoms with van der Waals surface area (Å²) < 4.78 is 0. The van der Waals surface area contributed by atoms with Crippen LogP contribution in [-0.4, -0.2) is 0 Å². The van der Waals surface area contributed by atoms with Crippen LogP contribution in [0.3, 0.4) is 0 Å². The molecule has 0 aliphatic carbocycles. The summed E-state index contributed by atoms with van der Waals surface area (Å²) in [5, 5.41) is 1.25. The predicted octanol–water partition coefficient (Wildman–Crippen LogP) is 5.88. The SMILES string of the molecule is ClCc1cc(Cl)cc(Cl)c1Sc1ccccc1. The van der Waals surface area contributed by atoms with E-state index >= 15 is 0 Å². The molecule has 0 nitrogen and oxygen atoms in total. The fourth-order valence-electron chi connectivity index (χ4n) is 1.43. The molecule has 0 bridgehead atoms. The highest BCUT2D eigenvalue weighted by molar-refractivity contribution is 7.99. The molecular formula is C13H9Cl3S. The molecule has 0 aromatic heterocycles. The molecule has 88 valence electrons. The molecule has 2 aromatic carbocycles. The molecule has 0 spiro atoms. The fraction of sp³-hybridized carbons (Fsp3) is 0.0769. The number of benzene rings is 2. The van der Waals surface area contributed by atoms with Crippen LogP contribution in [0.1, 0.15) is 5.56 Å². The molecule has 0 unspecified atom stereocenters. The number of hydrogen-bond acceptors (Lipinski definition) is 1. The first-order chi connectivity index (χ1) is 8.20. The molecule has 0 aliphatic rings. The normalized spacial score (nSPS) is 10.5. The van der Waals surface area contributed by atoms with E-state index in [-0.39, 0.29) is 0 Å². The Bertz CT molecular complexity index is 512. The Kier molecular flexibility index (Phi) is 4.63. The van der Waals surface area contributed by atoms with Crippen molar-refractivity contribution in [2.45, 2.75) is 15.7 Å². The van der Waals surface area contributed by atoms with Gasteiger partial charge < -0.3 is 0 Å². The van der Waals surface area contributed by atoms with Crippen molar-refractivity contribution in [2.24, 2.45) is 0 Å². The zero-order valence-electron chi connectivity index (χ0n) is 8.79. The number of hydrogen-bond donors (Lipinski definition) is 0. The zero-order valence-corrected chi connectivity index (χ0v) is 11.9. The van der Waals surface area contributed by atoms with Gasteiger partial charge in [-0.2, -0.15) is 0 Å². The van der Waals surface area contributed by atoms with E-state index in [1.165, 1.54) is 0 Å². The van der Waals surface area contributed by atoms with E-state index in [4.69, 9.17) is 34.8 Å². The summed E-state index contributed by atoms with van der Waals surface area (Å²) in [7, 11) is 0. The van der Waals surface area contributed by atoms with E-state index in [9.17, 15) is 0 Å². The van der Waals surface area contributed by atoms with Gasteiger partial charge in [0.05, 0.1) is 5.02 Å². The fourth-order valence-corrected chi connectivity index (χ4v) is 3.32. The van der Waals surface area contributed by atoms with Gasteiger partial charge in [-0.25, -0.2) is 0 Å². The molecule has 0 saturated heterocycles. The molecule has 2 rings (SSSR count). The van der Waals surface area contributed by atoms with E-state index < -0.39 is 0 Å². The lowest BCUT2D eigenvalue weighted by Gasteiger charge is -2.09. The highest BCUT2D eigenvalue weighted by atomic mass is 35.5. The molecule has 0 atom stereocenters. The molecule has 0 amide bonds. The Hall–Kier alpha value is -0.340. The van der Waals surface area contributed by atoms with Crippen molar-refractivity contribution in [1.82, 2.24) is 0 Å². The van der Waals surface area contributed by atoms with Gasteiger partial charge in [0.2, 0.25) is 0 Å². The maximum absolute atomic E-state index is 6.20. The molecule has 4 heteroatoms. The van der Waals surface area contributed by atoms with E-state index in [0.717, 1.165) is 15.4 Å². The van der Waals surface area contributed by atoms with E-state index in [0.29, 0.717) is 15.9 Å². The minimum atomic E-state index is 0.398. The third kappa shape index (κ3) is 3.32. The summed E-state index contributed by atoms with van der Waals surface area (Å²) in [4.78, 5) is 2.10. The molecule has 0 fully saturated rings. The molecule has 0 N–H and O–H groups in total. The molecule has 17 heavy (non-hydrogen) atoms. The van der Waals surface area contributed by atoms with E-state index in [1.54, 1.807) is 17.8 Å². The smallest absolute Gasteiger partial charge is 0.0563 e. The number of rotatable bonds is 3. The summed E-state index contributed by atoms with van der Waals surface area (Å²) in [6.45, 7) is 0. The van der Waals surface area contributed by atoms with E-state index in [1.807, 2.05) is 36.4 Å². The van der Waals surface area contributed by atoms with Crippen LogP contribution in [0.4, 0.5) is 0 Å². The maximum atomic E-state index is 6.20. The first-order valence-electron chi connectivity index (χ1n) is 4.97. The van der Waals surface area contributed by atoms with Gasteiger partial charge in [-0.3, -0.25) is 0 Å². The van der Waals surface area contributed by atoms with Gasteiger partial charge in [-0.15, -0.1) is 11.6 Å². The average Bonchev–Trinajstić information content (AvgIpc) is 2.33. The maximum Gasteiger partial charge on any atom is 0.0563 e. The molecule has 2 aromatic rings. The summed E-state index contributed by atoms with van der Waals surface area (Å²) >= 11 is 19.7. The van der Waals surface area contributed by atoms with Gasteiger partial charge in [0.25, 0.3) is 0 Å². The van der Waals surface area contributed by atoms with E-state index in [2.05, 4.69) is 0 Å². The van der Waals surface area contributed by atoms with Crippen molar-refractivity contribution in [3.8, 4) is 0 Å². The van der Waals surface area contributed by atoms with Gasteiger partial charge in [0, 0.05) is 20.7 Å². The third-order valence-corrected chi connectivity index (χ3v) is 4.30. The first kappa shape index (κ1) is 13.1. The highest BCUT2D eigenvalue weighted by Gasteiger charge is 2.10. The standard InChI is InChI=1S/C13H9Cl3S/c14-8-9-6-10(15)7-12(16)13(9)17-11-4-2-1-3-5-11/h1-7H,8H2. The second-order valence-electron chi connectivity index (χ2n) is 3.42. The van der Waals surface area contributed by atoms with Crippen LogP contribution in [0.25, 0.3) is 0 Å². The van der Waals surface area contributed by atoms with Crippen molar-refractivity contribution in [3.63, 3.8) is 0 Å². The second-order valence-corrected chi connectivity index (χ2v) is 5.62. The quantitative estimate of drug-likeness (QED) is 0.638. The third-order valence-electron chi connectivity index (χ3n) is 2.19. The molecule has 0 saturated carbocycles. The van der Waals surface area contributed by atoms with Crippen LogP contribution in [0, 0.1) is 0 Å². The van der Waals surface area contributed by atoms with Gasteiger partial charge in [0.15, 0.2) is 0 Å². The average molecular weight is 304 g/mol. The minimum absolute atomic E-state index is 0.398. The van der Waals surface area contributed by atoms with Crippen molar-refractivity contribution in [3.05, 3.63) is 58.1 Å². The van der Waals surface area contributed by atoms with Gasteiger partial charge >= 0.3 is 0 Å². The Morgan fingerprint density at radius 1 is 1.00 bits per heavy atom. The minimum Gasteiger partial charge on any atom is -0.122 e. The van der Waals surface area contributed by atoms with Crippen LogP contribution >= 0.6 is 46.6 Å². The van der Waals surface area contributed by atoms with Crippen molar-refractivity contribution >= 4 is 46.6 Å². The molecule has 0 heterocycles. The summed E-state index contributed by atoms with van der Waals surface area (Å²) in [6, 6.07) is 13.6. The number of alkyl halides is 1. The van der Waals surface area contributed by atoms with Crippen LogP contribution in [-0.2, 0) is 5.88 Å². The largest absolute Gasteiger partial charge is 0.122 e. The Balaban J connectivity index is 2.38. The monoisotopic (exact) mass is 302 g/mol. The Morgan fingerprint density at radius 2 is 1.71 bits per heavy atom. The summed E-state index contributed by atoms with van der Waals surface area (Å²) in [5.41, 5.74) is 0.956. The summed E-state index contributed by atoms with van der Waals surface area (Å²) in [5.74, 6) is 0.398. The van der Waals surface area contributed by atoms with Crippen LogP contribution in [0.15, 0.2) is 52.3 Å². The van der Waals surface area contributed by atoms with Gasteiger partial charge in [-0.05, 0) is 29.8 Å². The molecular weight excluding hydrogens is 295 g/mol. The topological polar surface area (TPSA) is 0 Å². The Labute approximate surface area is 120 Å². The lowest BCUT2D eigenvalue weighted by molar-refractivity contribution is 1.25. The summed E-state index contributed by atoms with van der Waals surface area (Å²) in [6.07, 6.45) is 0. The molecule has 0 aliphatic heterocycles. The Morgan fingerprint density at radius 3 is 2.35 bits per heavy atom. The lowest BCUT2D eigenvalue weighted by Crippen LogP contribution is -1.86. The van der Waals surface area contributed by atoms with Crippen LogP contribution in [0.5, 0.6) is 0 Å². The van der Waals surface area contributed by atoms with Gasteiger partial charge in [0.1, 0.15) is 0 Å². The first-order valence-corrected chi connectivity index (χ1v) is 7.08. The number of halogens is 3. The molecule has 0 radical (unpaired) electrons. The van der Waals surface area contributed by atoms with Crippen LogP contribution in [0.2, 0.25) is 10.0 Å². The second kappa shape index (κ2) is 6.01. The van der Waals surface area contributed by atoms with Crippen molar-refractivity contribution < 1.29 is 0 Å². The zero-order chi connectivity index (χ0) is 12.3.